The zero-order chi connectivity index (χ0) is 39.8. The van der Waals surface area contributed by atoms with Crippen LogP contribution in [-0.4, -0.2) is 69.4 Å². The highest BCUT2D eigenvalue weighted by Crippen LogP contribution is 2.37. The molecule has 0 spiro atoms. The molecule has 8 rings (SSSR count). The third kappa shape index (κ3) is 6.85. The lowest BCUT2D eigenvalue weighted by molar-refractivity contribution is -0.113. The number of nitrogens with zero attached hydrogens (tertiary/aromatic N) is 5. The van der Waals surface area contributed by atoms with Crippen LogP contribution in [0.5, 0.6) is 5.75 Å². The van der Waals surface area contributed by atoms with Gasteiger partial charge in [0.05, 0.1) is 56.7 Å². The molecule has 0 saturated heterocycles. The Labute approximate surface area is 333 Å². The average molecular weight is 798 g/mol. The van der Waals surface area contributed by atoms with Crippen molar-refractivity contribution in [1.82, 2.24) is 23.2 Å². The minimum Gasteiger partial charge on any atom is -0.495 e. The summed E-state index contributed by atoms with van der Waals surface area (Å²) in [6, 6.07) is 34.9. The predicted molar refractivity (Wildman–Crippen MR) is 226 cm³/mol. The predicted octanol–water partition coefficient (Wildman–Crippen LogP) is 8.31. The van der Waals surface area contributed by atoms with Crippen molar-refractivity contribution in [2.45, 2.75) is 30.8 Å². The van der Waals surface area contributed by atoms with Crippen LogP contribution >= 0.6 is 11.8 Å². The van der Waals surface area contributed by atoms with Crippen molar-refractivity contribution in [3.05, 3.63) is 127 Å². The number of methoxy groups -OCH3 is 1. The molecule has 0 fully saturated rings. The number of imidazole rings is 1. The van der Waals surface area contributed by atoms with E-state index in [-0.39, 0.29) is 22.5 Å². The monoisotopic (exact) mass is 797 g/mol. The Morgan fingerprint density at radius 3 is 2.25 bits per heavy atom. The van der Waals surface area contributed by atoms with Gasteiger partial charge in [-0.3, -0.25) is 18.6 Å². The van der Waals surface area contributed by atoms with Gasteiger partial charge in [-0.15, -0.1) is 0 Å². The van der Waals surface area contributed by atoms with E-state index in [4.69, 9.17) is 14.7 Å². The molecule has 0 aliphatic carbocycles. The second-order valence-electron chi connectivity index (χ2n) is 13.3. The molecule has 0 bridgehead atoms. The summed E-state index contributed by atoms with van der Waals surface area (Å²) in [6.45, 7) is 6.25. The smallest absolute Gasteiger partial charge is 0.255 e. The van der Waals surface area contributed by atoms with Crippen LogP contribution in [0.1, 0.15) is 30.0 Å². The van der Waals surface area contributed by atoms with Crippen molar-refractivity contribution in [2.75, 3.05) is 36.6 Å². The second kappa shape index (κ2) is 15.4. The van der Waals surface area contributed by atoms with Crippen molar-refractivity contribution in [3.8, 4) is 11.4 Å². The molecule has 5 aromatic carbocycles. The first kappa shape index (κ1) is 37.7. The van der Waals surface area contributed by atoms with Crippen LogP contribution in [0, 0.1) is 6.92 Å². The molecule has 0 unspecified atom stereocenters. The Morgan fingerprint density at radius 1 is 0.789 bits per heavy atom. The quantitative estimate of drug-likeness (QED) is 0.118. The molecule has 0 saturated carbocycles. The molecular formula is C43H39N7O5S2. The molecule has 0 atom stereocenters. The number of ether oxygens (including phenoxy) is 1. The molecule has 0 aliphatic heterocycles. The number of carbonyl (C=O) groups excluding carboxylic acids is 2. The van der Waals surface area contributed by atoms with E-state index in [9.17, 15) is 18.0 Å². The maximum absolute atomic E-state index is 13.7. The van der Waals surface area contributed by atoms with E-state index in [1.807, 2.05) is 84.3 Å². The van der Waals surface area contributed by atoms with Gasteiger partial charge in [-0.05, 0) is 73.7 Å². The fourth-order valence-electron chi connectivity index (χ4n) is 7.23. The number of rotatable bonds is 12. The Kier molecular flexibility index (Phi) is 10.2. The van der Waals surface area contributed by atoms with E-state index in [0.29, 0.717) is 57.7 Å². The van der Waals surface area contributed by atoms with Crippen molar-refractivity contribution in [2.24, 2.45) is 0 Å². The number of carbonyl (C=O) groups is 2. The number of benzene rings is 5. The molecule has 3 heterocycles. The number of anilines is 2. The zero-order valence-corrected chi connectivity index (χ0v) is 33.3. The Bertz CT molecular complexity index is 2960. The van der Waals surface area contributed by atoms with E-state index in [1.54, 1.807) is 63.4 Å². The Balaban J connectivity index is 1.02. The summed E-state index contributed by atoms with van der Waals surface area (Å²) >= 11 is 1.21. The molecule has 12 nitrogen and oxygen atoms in total. The number of nitrogens with one attached hydrogen (secondary N) is 2. The van der Waals surface area contributed by atoms with Crippen molar-refractivity contribution in [3.63, 3.8) is 0 Å². The van der Waals surface area contributed by atoms with Gasteiger partial charge in [0.15, 0.2) is 5.16 Å². The molecule has 0 aliphatic rings. The van der Waals surface area contributed by atoms with Crippen molar-refractivity contribution >= 4 is 83.3 Å². The first-order valence-electron chi connectivity index (χ1n) is 18.4. The number of amides is 2. The van der Waals surface area contributed by atoms with E-state index < -0.39 is 10.0 Å². The fraction of sp³-hybridized carbons (Fsp3) is 0.163. The van der Waals surface area contributed by atoms with E-state index in [1.165, 1.54) is 16.1 Å². The molecule has 3 aromatic heterocycles. The summed E-state index contributed by atoms with van der Waals surface area (Å²) in [5.41, 5.74) is 6.13. The van der Waals surface area contributed by atoms with Gasteiger partial charge < -0.3 is 15.4 Å². The van der Waals surface area contributed by atoms with Crippen LogP contribution in [0.3, 0.4) is 0 Å². The van der Waals surface area contributed by atoms with Crippen LogP contribution in [0.25, 0.3) is 44.0 Å². The van der Waals surface area contributed by atoms with Crippen LogP contribution in [-0.2, 0) is 14.8 Å². The second-order valence-corrected chi connectivity index (χ2v) is 16.1. The minimum absolute atomic E-state index is 0.00233. The lowest BCUT2D eigenvalue weighted by Gasteiger charge is -2.18. The number of hydrogen-bond donors (Lipinski definition) is 2. The molecular weight excluding hydrogens is 759 g/mol. The third-order valence-electron chi connectivity index (χ3n) is 9.91. The van der Waals surface area contributed by atoms with E-state index in [0.717, 1.165) is 33.1 Å². The molecule has 8 aromatic rings. The molecule has 288 valence electrons. The molecule has 0 radical (unpaired) electrons. The van der Waals surface area contributed by atoms with E-state index in [2.05, 4.69) is 15.0 Å². The highest BCUT2D eigenvalue weighted by molar-refractivity contribution is 7.99. The fourth-order valence-corrected chi connectivity index (χ4v) is 9.53. The van der Waals surface area contributed by atoms with Gasteiger partial charge in [-0.25, -0.2) is 18.4 Å². The van der Waals surface area contributed by atoms with Gasteiger partial charge in [-0.1, -0.05) is 74.1 Å². The summed E-state index contributed by atoms with van der Waals surface area (Å²) < 4.78 is 37.7. The molecule has 2 N–H and O–H groups in total. The van der Waals surface area contributed by atoms with Crippen LogP contribution in [0.15, 0.2) is 125 Å². The van der Waals surface area contributed by atoms with Crippen molar-refractivity contribution < 1.29 is 22.7 Å². The molecule has 14 heteroatoms. The highest BCUT2D eigenvalue weighted by Gasteiger charge is 2.25. The highest BCUT2D eigenvalue weighted by atomic mass is 32.2. The number of thioether (sulfide) groups is 1. The largest absolute Gasteiger partial charge is 0.495 e. The lowest BCUT2D eigenvalue weighted by Crippen LogP contribution is -2.30. The number of aryl methyl sites for hydroxylation is 1. The third-order valence-corrected chi connectivity index (χ3v) is 12.9. The van der Waals surface area contributed by atoms with Gasteiger partial charge in [-0.2, -0.15) is 4.31 Å². The normalized spacial score (nSPS) is 11.9. The first-order chi connectivity index (χ1) is 27.6. The maximum atomic E-state index is 13.7. The molecule has 57 heavy (non-hydrogen) atoms. The van der Waals surface area contributed by atoms with Crippen LogP contribution in [0.2, 0.25) is 0 Å². The average Bonchev–Trinajstić information content (AvgIpc) is 3.76. The molecule has 2 amide bonds. The van der Waals surface area contributed by atoms with Gasteiger partial charge in [0.1, 0.15) is 11.6 Å². The van der Waals surface area contributed by atoms with Crippen LogP contribution < -0.4 is 15.4 Å². The standard InChI is InChI=1S/C43H39N7O5S2/c1-5-48(6-2)57(53,54)30-23-24-36-34(25-30)46-43(50(36)37-17-11-12-18-38(37)55-4)56-26-39(51)45-29-21-19-28(20-22-29)42(52)47-40-32-14-8-10-16-35(32)49-27(3)44-33-15-9-7-13-31(33)41(40)49/h7-25H,5-6,26H2,1-4H3,(H,45,51)(H,47,52). The SMILES string of the molecule is CCN(CC)S(=O)(=O)c1ccc2c(c1)nc(SCC(=O)Nc1ccc(C(=O)Nc3c4ccccc4n4c(C)nc5ccccc5c34)cc1)n2-c1ccccc1OC. The van der Waals surface area contributed by atoms with Crippen molar-refractivity contribution in [1.29, 1.82) is 0 Å². The number of sulfonamides is 1. The van der Waals surface area contributed by atoms with Gasteiger partial charge in [0, 0.05) is 35.1 Å². The Hall–Kier alpha value is -6.22. The van der Waals surface area contributed by atoms with Gasteiger partial charge in [0.25, 0.3) is 5.91 Å². The maximum Gasteiger partial charge on any atom is 0.255 e. The topological polar surface area (TPSA) is 140 Å². The number of hydrogen-bond acceptors (Lipinski definition) is 8. The summed E-state index contributed by atoms with van der Waals surface area (Å²) in [7, 11) is -2.15. The lowest BCUT2D eigenvalue weighted by atomic mass is 10.1. The van der Waals surface area contributed by atoms with Gasteiger partial charge >= 0.3 is 0 Å². The van der Waals surface area contributed by atoms with Crippen LogP contribution in [0.4, 0.5) is 11.4 Å². The summed E-state index contributed by atoms with van der Waals surface area (Å²) in [5.74, 6) is 0.825. The van der Waals surface area contributed by atoms with Gasteiger partial charge in [0.2, 0.25) is 15.9 Å². The number of aromatic nitrogens is 4. The number of fused-ring (bicyclic) bond motifs is 6. The van der Waals surface area contributed by atoms with E-state index >= 15 is 0 Å². The summed E-state index contributed by atoms with van der Waals surface area (Å²) in [6.07, 6.45) is 0. The minimum atomic E-state index is -3.72. The zero-order valence-electron chi connectivity index (χ0n) is 31.7. The Morgan fingerprint density at radius 2 is 1.49 bits per heavy atom. The first-order valence-corrected chi connectivity index (χ1v) is 20.8. The summed E-state index contributed by atoms with van der Waals surface area (Å²) in [5, 5.41) is 8.40. The summed E-state index contributed by atoms with van der Waals surface area (Å²) in [4.78, 5) is 36.8. The number of para-hydroxylation sites is 4.